The number of likely N-dealkylation sites (N-methyl/N-ethyl adjacent to an activating group) is 1. The Labute approximate surface area is 180 Å². The number of carbonyl (C=O) groups excluding carboxylic acids is 2. The molecule has 3 aromatic rings. The summed E-state index contributed by atoms with van der Waals surface area (Å²) in [5, 5.41) is 3.36. The van der Waals surface area contributed by atoms with Gasteiger partial charge < -0.3 is 10.2 Å². The highest BCUT2D eigenvalue weighted by molar-refractivity contribution is 6.39. The van der Waals surface area contributed by atoms with Gasteiger partial charge in [-0.15, -0.1) is 0 Å². The van der Waals surface area contributed by atoms with Crippen LogP contribution in [0.3, 0.4) is 0 Å². The molecule has 2 amide bonds. The zero-order chi connectivity index (χ0) is 20.8. The van der Waals surface area contributed by atoms with E-state index in [0.717, 1.165) is 11.1 Å². The lowest BCUT2D eigenvalue weighted by Crippen LogP contribution is -2.38. The largest absolute Gasteiger partial charge is 0.336 e. The molecule has 0 saturated carbocycles. The number of hydrogen-bond donors (Lipinski definition) is 1. The standard InChI is InChI=1S/C23H20Cl2N2O2/c1-27(15-20(28)26-22-18(24)13-8-14-19(22)25)23(29)21(16-9-4-2-5-10-16)17-11-6-3-7-12-17/h2-14,21H,15H2,1H3,(H,26,28). The van der Waals surface area contributed by atoms with Crippen molar-refractivity contribution in [1.29, 1.82) is 0 Å². The number of nitrogens with zero attached hydrogens (tertiary/aromatic N) is 1. The van der Waals surface area contributed by atoms with Crippen molar-refractivity contribution in [3.63, 3.8) is 0 Å². The van der Waals surface area contributed by atoms with Gasteiger partial charge in [-0.3, -0.25) is 9.59 Å². The third-order valence-corrected chi connectivity index (χ3v) is 5.13. The molecule has 0 aliphatic carbocycles. The Morgan fingerprint density at radius 1 is 0.828 bits per heavy atom. The summed E-state index contributed by atoms with van der Waals surface area (Å²) in [6, 6.07) is 24.0. The Morgan fingerprint density at radius 3 is 1.79 bits per heavy atom. The molecule has 0 aliphatic rings. The van der Waals surface area contributed by atoms with Crippen molar-refractivity contribution in [3.05, 3.63) is 100 Å². The van der Waals surface area contributed by atoms with Crippen LogP contribution in [0.1, 0.15) is 17.0 Å². The molecule has 0 fully saturated rings. The molecule has 3 rings (SSSR count). The van der Waals surface area contributed by atoms with Crippen LogP contribution in [-0.4, -0.2) is 30.3 Å². The number of nitrogens with one attached hydrogen (secondary N) is 1. The average molecular weight is 427 g/mol. The van der Waals surface area contributed by atoms with E-state index in [4.69, 9.17) is 23.2 Å². The lowest BCUT2D eigenvalue weighted by molar-refractivity contribution is -0.133. The monoisotopic (exact) mass is 426 g/mol. The molecule has 0 radical (unpaired) electrons. The topological polar surface area (TPSA) is 49.4 Å². The number of benzene rings is 3. The molecule has 0 atom stereocenters. The van der Waals surface area contributed by atoms with Crippen LogP contribution in [0.15, 0.2) is 78.9 Å². The minimum atomic E-state index is -0.501. The average Bonchev–Trinajstić information content (AvgIpc) is 2.72. The third-order valence-electron chi connectivity index (χ3n) is 4.50. The number of hydrogen-bond acceptors (Lipinski definition) is 2. The number of para-hydroxylation sites is 1. The van der Waals surface area contributed by atoms with Gasteiger partial charge in [0.2, 0.25) is 11.8 Å². The van der Waals surface area contributed by atoms with E-state index < -0.39 is 5.92 Å². The van der Waals surface area contributed by atoms with Crippen LogP contribution in [-0.2, 0) is 9.59 Å². The molecule has 0 spiro atoms. The van der Waals surface area contributed by atoms with Crippen LogP contribution < -0.4 is 5.32 Å². The summed E-state index contributed by atoms with van der Waals surface area (Å²) in [7, 11) is 1.61. The molecular weight excluding hydrogens is 407 g/mol. The van der Waals surface area contributed by atoms with Gasteiger partial charge in [0.25, 0.3) is 0 Å². The summed E-state index contributed by atoms with van der Waals surface area (Å²) in [6.45, 7) is -0.128. The molecule has 29 heavy (non-hydrogen) atoms. The van der Waals surface area contributed by atoms with E-state index in [2.05, 4.69) is 5.32 Å². The first kappa shape index (κ1) is 20.9. The Bertz CT molecular complexity index is 935. The molecule has 6 heteroatoms. The van der Waals surface area contributed by atoms with Crippen molar-refractivity contribution >= 4 is 40.7 Å². The summed E-state index contributed by atoms with van der Waals surface area (Å²) >= 11 is 12.2. The van der Waals surface area contributed by atoms with E-state index in [-0.39, 0.29) is 18.4 Å². The van der Waals surface area contributed by atoms with E-state index in [9.17, 15) is 9.59 Å². The summed E-state index contributed by atoms with van der Waals surface area (Å²) in [5.74, 6) is -1.06. The molecule has 148 valence electrons. The number of amides is 2. The molecule has 0 aliphatic heterocycles. The maximum Gasteiger partial charge on any atom is 0.244 e. The quantitative estimate of drug-likeness (QED) is 0.586. The van der Waals surface area contributed by atoms with Crippen molar-refractivity contribution in [2.75, 3.05) is 18.9 Å². The van der Waals surface area contributed by atoms with Gasteiger partial charge in [-0.25, -0.2) is 0 Å². The van der Waals surface area contributed by atoms with Gasteiger partial charge in [0.1, 0.15) is 0 Å². The minimum Gasteiger partial charge on any atom is -0.336 e. The first-order valence-electron chi connectivity index (χ1n) is 9.06. The molecule has 4 nitrogen and oxygen atoms in total. The van der Waals surface area contributed by atoms with Crippen LogP contribution in [0, 0.1) is 0 Å². The van der Waals surface area contributed by atoms with Crippen molar-refractivity contribution in [2.24, 2.45) is 0 Å². The van der Waals surface area contributed by atoms with Crippen LogP contribution in [0.2, 0.25) is 10.0 Å². The normalized spacial score (nSPS) is 10.6. The molecule has 0 aromatic heterocycles. The molecule has 1 N–H and O–H groups in total. The summed E-state index contributed by atoms with van der Waals surface area (Å²) in [4.78, 5) is 27.2. The van der Waals surface area contributed by atoms with E-state index in [0.29, 0.717) is 15.7 Å². The lowest BCUT2D eigenvalue weighted by atomic mass is 9.90. The van der Waals surface area contributed by atoms with Gasteiger partial charge >= 0.3 is 0 Å². The highest BCUT2D eigenvalue weighted by Crippen LogP contribution is 2.30. The fraction of sp³-hybridized carbons (Fsp3) is 0.130. The molecular formula is C23H20Cl2N2O2. The van der Waals surface area contributed by atoms with Crippen molar-refractivity contribution in [2.45, 2.75) is 5.92 Å². The van der Waals surface area contributed by atoms with E-state index in [1.165, 1.54) is 4.90 Å². The van der Waals surface area contributed by atoms with Gasteiger partial charge in [0, 0.05) is 7.05 Å². The molecule has 0 saturated heterocycles. The Balaban J connectivity index is 1.78. The molecule has 0 heterocycles. The van der Waals surface area contributed by atoms with Crippen molar-refractivity contribution in [1.82, 2.24) is 4.90 Å². The fourth-order valence-corrected chi connectivity index (χ4v) is 3.57. The minimum absolute atomic E-state index is 0.128. The predicted molar refractivity (Wildman–Crippen MR) is 117 cm³/mol. The van der Waals surface area contributed by atoms with E-state index >= 15 is 0 Å². The van der Waals surface area contributed by atoms with Gasteiger partial charge in [-0.05, 0) is 23.3 Å². The van der Waals surface area contributed by atoms with E-state index in [1.807, 2.05) is 60.7 Å². The number of anilines is 1. The number of halogens is 2. The molecule has 0 bridgehead atoms. The maximum absolute atomic E-state index is 13.3. The summed E-state index contributed by atoms with van der Waals surface area (Å²) < 4.78 is 0. The van der Waals surface area contributed by atoms with Crippen LogP contribution >= 0.6 is 23.2 Å². The van der Waals surface area contributed by atoms with Crippen molar-refractivity contribution < 1.29 is 9.59 Å². The zero-order valence-electron chi connectivity index (χ0n) is 15.8. The first-order valence-corrected chi connectivity index (χ1v) is 9.81. The van der Waals surface area contributed by atoms with Gasteiger partial charge in [0.15, 0.2) is 0 Å². The number of carbonyl (C=O) groups is 2. The second kappa shape index (κ2) is 9.59. The predicted octanol–water partition coefficient (Wildman–Crippen LogP) is 5.22. The van der Waals surface area contributed by atoms with Gasteiger partial charge in [-0.1, -0.05) is 89.9 Å². The zero-order valence-corrected chi connectivity index (χ0v) is 17.3. The Kier molecular flexibility index (Phi) is 6.91. The Hall–Kier alpha value is -2.82. The fourth-order valence-electron chi connectivity index (χ4n) is 3.08. The lowest BCUT2D eigenvalue weighted by Gasteiger charge is -2.24. The summed E-state index contributed by atoms with van der Waals surface area (Å²) in [6.07, 6.45) is 0. The SMILES string of the molecule is CN(CC(=O)Nc1c(Cl)cccc1Cl)C(=O)C(c1ccccc1)c1ccccc1. The van der Waals surface area contributed by atoms with Crippen LogP contribution in [0.4, 0.5) is 5.69 Å². The smallest absolute Gasteiger partial charge is 0.244 e. The van der Waals surface area contributed by atoms with Gasteiger partial charge in [0.05, 0.1) is 28.2 Å². The van der Waals surface area contributed by atoms with Crippen molar-refractivity contribution in [3.8, 4) is 0 Å². The van der Waals surface area contributed by atoms with E-state index in [1.54, 1.807) is 25.2 Å². The number of rotatable bonds is 6. The Morgan fingerprint density at radius 2 is 1.31 bits per heavy atom. The third kappa shape index (κ3) is 5.17. The molecule has 0 unspecified atom stereocenters. The molecule has 3 aromatic carbocycles. The second-order valence-corrected chi connectivity index (χ2v) is 7.41. The van der Waals surface area contributed by atoms with Gasteiger partial charge in [-0.2, -0.15) is 0 Å². The van der Waals surface area contributed by atoms with Crippen LogP contribution in [0.5, 0.6) is 0 Å². The first-order chi connectivity index (χ1) is 14.0. The highest BCUT2D eigenvalue weighted by atomic mass is 35.5. The maximum atomic E-state index is 13.3. The highest BCUT2D eigenvalue weighted by Gasteiger charge is 2.26. The second-order valence-electron chi connectivity index (χ2n) is 6.59. The van der Waals surface area contributed by atoms with Crippen LogP contribution in [0.25, 0.3) is 0 Å². The summed E-state index contributed by atoms with van der Waals surface area (Å²) in [5.41, 5.74) is 2.07.